The van der Waals surface area contributed by atoms with Crippen LogP contribution in [-0.2, 0) is 0 Å². The van der Waals surface area contributed by atoms with E-state index in [0.717, 1.165) is 11.3 Å². The normalized spacial score (nSPS) is 10.0. The monoisotopic (exact) mass is 204 g/mol. The molecular weight excluding hydrogens is 195 g/mol. The van der Waals surface area contributed by atoms with E-state index in [2.05, 4.69) is 0 Å². The minimum atomic E-state index is 0.571. The van der Waals surface area contributed by atoms with Gasteiger partial charge in [0.2, 0.25) is 0 Å². The smallest absolute Gasteiger partial charge is 0.140 e. The molecule has 0 aliphatic rings. The van der Waals surface area contributed by atoms with Gasteiger partial charge >= 0.3 is 0 Å². The zero-order valence-corrected chi connectivity index (χ0v) is 8.54. The molecule has 1 nitrogen and oxygen atoms in total. The standard InChI is InChI=1S/C9H10Cl2O/c1-3-12-9-6(2)4-7(10)5-8(9)11/h4-5H,3H2,1-2H3. The molecule has 0 aromatic heterocycles. The van der Waals surface area contributed by atoms with Gasteiger partial charge in [0.1, 0.15) is 5.75 Å². The zero-order valence-electron chi connectivity index (χ0n) is 7.03. The van der Waals surface area contributed by atoms with Crippen molar-refractivity contribution in [2.45, 2.75) is 13.8 Å². The molecule has 1 aromatic carbocycles. The van der Waals surface area contributed by atoms with Crippen LogP contribution in [0.25, 0.3) is 0 Å². The predicted octanol–water partition coefficient (Wildman–Crippen LogP) is 3.70. The van der Waals surface area contributed by atoms with E-state index >= 15 is 0 Å². The highest BCUT2D eigenvalue weighted by Gasteiger charge is 2.05. The number of ether oxygens (including phenoxy) is 1. The van der Waals surface area contributed by atoms with Crippen molar-refractivity contribution in [2.24, 2.45) is 0 Å². The molecule has 0 atom stereocenters. The number of benzene rings is 1. The van der Waals surface area contributed by atoms with Crippen LogP contribution in [0.2, 0.25) is 10.0 Å². The summed E-state index contributed by atoms with van der Waals surface area (Å²) in [5, 5.41) is 1.21. The van der Waals surface area contributed by atoms with Crippen LogP contribution in [0.1, 0.15) is 12.5 Å². The van der Waals surface area contributed by atoms with Crippen LogP contribution in [-0.4, -0.2) is 6.61 Å². The highest BCUT2D eigenvalue weighted by molar-refractivity contribution is 6.35. The van der Waals surface area contributed by atoms with E-state index in [-0.39, 0.29) is 0 Å². The predicted molar refractivity (Wildman–Crippen MR) is 52.4 cm³/mol. The molecule has 1 aromatic rings. The summed E-state index contributed by atoms with van der Waals surface area (Å²) >= 11 is 11.7. The molecule has 0 bridgehead atoms. The van der Waals surface area contributed by atoms with E-state index in [4.69, 9.17) is 27.9 Å². The molecule has 0 saturated carbocycles. The molecule has 0 amide bonds. The second-order valence-electron chi connectivity index (χ2n) is 2.47. The van der Waals surface area contributed by atoms with E-state index in [1.54, 1.807) is 6.07 Å². The molecule has 0 radical (unpaired) electrons. The van der Waals surface area contributed by atoms with E-state index in [1.165, 1.54) is 0 Å². The van der Waals surface area contributed by atoms with Crippen LogP contribution in [0.4, 0.5) is 0 Å². The number of halogens is 2. The molecule has 0 N–H and O–H groups in total. The lowest BCUT2D eigenvalue weighted by Crippen LogP contribution is -1.94. The van der Waals surface area contributed by atoms with Gasteiger partial charge in [-0.3, -0.25) is 0 Å². The molecule has 12 heavy (non-hydrogen) atoms. The third-order valence-corrected chi connectivity index (χ3v) is 1.98. The first-order valence-corrected chi connectivity index (χ1v) is 4.49. The Balaban J connectivity index is 3.10. The van der Waals surface area contributed by atoms with Crippen LogP contribution < -0.4 is 4.74 Å². The van der Waals surface area contributed by atoms with Crippen molar-refractivity contribution in [3.63, 3.8) is 0 Å². The fourth-order valence-electron chi connectivity index (χ4n) is 1.02. The van der Waals surface area contributed by atoms with Gasteiger partial charge in [-0.05, 0) is 31.5 Å². The maximum atomic E-state index is 5.90. The summed E-state index contributed by atoms with van der Waals surface area (Å²) < 4.78 is 5.33. The van der Waals surface area contributed by atoms with E-state index in [9.17, 15) is 0 Å². The quantitative estimate of drug-likeness (QED) is 0.715. The molecule has 0 spiro atoms. The average molecular weight is 205 g/mol. The Morgan fingerprint density at radius 3 is 2.50 bits per heavy atom. The third kappa shape index (κ3) is 2.05. The summed E-state index contributed by atoms with van der Waals surface area (Å²) in [5.74, 6) is 0.726. The Hall–Kier alpha value is -0.400. The van der Waals surface area contributed by atoms with Crippen LogP contribution in [0.5, 0.6) is 5.75 Å². The summed E-state index contributed by atoms with van der Waals surface area (Å²) in [6.45, 7) is 4.45. The van der Waals surface area contributed by atoms with Gasteiger partial charge in [0.25, 0.3) is 0 Å². The van der Waals surface area contributed by atoms with Gasteiger partial charge in [0.05, 0.1) is 11.6 Å². The Morgan fingerprint density at radius 1 is 1.33 bits per heavy atom. The first-order valence-electron chi connectivity index (χ1n) is 3.73. The Labute approximate surface area is 82.2 Å². The summed E-state index contributed by atoms with van der Waals surface area (Å²) in [6, 6.07) is 3.51. The van der Waals surface area contributed by atoms with Crippen molar-refractivity contribution in [1.82, 2.24) is 0 Å². The maximum Gasteiger partial charge on any atom is 0.140 e. The lowest BCUT2D eigenvalue weighted by molar-refractivity contribution is 0.338. The summed E-state index contributed by atoms with van der Waals surface area (Å²) in [4.78, 5) is 0. The highest BCUT2D eigenvalue weighted by Crippen LogP contribution is 2.31. The Bertz CT molecular complexity index is 261. The molecule has 0 saturated heterocycles. The Kier molecular flexibility index (Phi) is 3.24. The minimum absolute atomic E-state index is 0.571. The number of aryl methyl sites for hydroxylation is 1. The molecule has 1 rings (SSSR count). The van der Waals surface area contributed by atoms with Gasteiger partial charge < -0.3 is 4.74 Å². The lowest BCUT2D eigenvalue weighted by Gasteiger charge is -2.08. The van der Waals surface area contributed by atoms with Gasteiger partial charge in [-0.2, -0.15) is 0 Å². The number of rotatable bonds is 2. The van der Waals surface area contributed by atoms with Crippen LogP contribution in [0.15, 0.2) is 12.1 Å². The number of hydrogen-bond donors (Lipinski definition) is 0. The molecule has 0 fully saturated rings. The molecule has 0 unspecified atom stereocenters. The first kappa shape index (κ1) is 9.69. The molecule has 0 aliphatic carbocycles. The zero-order chi connectivity index (χ0) is 9.14. The van der Waals surface area contributed by atoms with Gasteiger partial charge in [-0.15, -0.1) is 0 Å². The van der Waals surface area contributed by atoms with Crippen molar-refractivity contribution < 1.29 is 4.74 Å². The highest BCUT2D eigenvalue weighted by atomic mass is 35.5. The maximum absolute atomic E-state index is 5.90. The van der Waals surface area contributed by atoms with Crippen LogP contribution >= 0.6 is 23.2 Å². The van der Waals surface area contributed by atoms with Crippen LogP contribution in [0, 0.1) is 6.92 Å². The molecule has 0 aliphatic heterocycles. The topological polar surface area (TPSA) is 9.23 Å². The van der Waals surface area contributed by atoms with Crippen molar-refractivity contribution >= 4 is 23.2 Å². The lowest BCUT2D eigenvalue weighted by atomic mass is 10.2. The summed E-state index contributed by atoms with van der Waals surface area (Å²) in [6.07, 6.45) is 0. The summed E-state index contributed by atoms with van der Waals surface area (Å²) in [7, 11) is 0. The van der Waals surface area contributed by atoms with Gasteiger partial charge in [0, 0.05) is 5.02 Å². The molecule has 3 heteroatoms. The van der Waals surface area contributed by atoms with E-state index in [0.29, 0.717) is 16.7 Å². The van der Waals surface area contributed by atoms with Gasteiger partial charge in [0.15, 0.2) is 0 Å². The minimum Gasteiger partial charge on any atom is -0.492 e. The van der Waals surface area contributed by atoms with E-state index in [1.807, 2.05) is 19.9 Å². The fourth-order valence-corrected chi connectivity index (χ4v) is 1.67. The van der Waals surface area contributed by atoms with Crippen molar-refractivity contribution in [1.29, 1.82) is 0 Å². The number of hydrogen-bond acceptors (Lipinski definition) is 1. The first-order chi connectivity index (χ1) is 5.65. The molecular formula is C9H10Cl2O. The van der Waals surface area contributed by atoms with Crippen molar-refractivity contribution in [3.8, 4) is 5.75 Å². The van der Waals surface area contributed by atoms with Gasteiger partial charge in [-0.25, -0.2) is 0 Å². The van der Waals surface area contributed by atoms with Crippen LogP contribution in [0.3, 0.4) is 0 Å². The fraction of sp³-hybridized carbons (Fsp3) is 0.333. The molecule has 66 valence electrons. The summed E-state index contributed by atoms with van der Waals surface area (Å²) in [5.41, 5.74) is 0.967. The van der Waals surface area contributed by atoms with E-state index < -0.39 is 0 Å². The average Bonchev–Trinajstić information content (AvgIpc) is 1.96. The van der Waals surface area contributed by atoms with Gasteiger partial charge in [-0.1, -0.05) is 23.2 Å². The second kappa shape index (κ2) is 4.01. The van der Waals surface area contributed by atoms with Crippen molar-refractivity contribution in [2.75, 3.05) is 6.61 Å². The third-order valence-electron chi connectivity index (χ3n) is 1.48. The Morgan fingerprint density at radius 2 is 2.00 bits per heavy atom. The SMILES string of the molecule is CCOc1c(C)cc(Cl)cc1Cl. The van der Waals surface area contributed by atoms with Crippen molar-refractivity contribution in [3.05, 3.63) is 27.7 Å². The largest absolute Gasteiger partial charge is 0.492 e. The molecule has 0 heterocycles. The second-order valence-corrected chi connectivity index (χ2v) is 3.31.